The van der Waals surface area contributed by atoms with E-state index in [9.17, 15) is 0 Å². The molecule has 0 fully saturated rings. The molecule has 0 aliphatic rings. The molecule has 0 aliphatic carbocycles. The van der Waals surface area contributed by atoms with Crippen LogP contribution in [0.3, 0.4) is 0 Å². The molecule has 0 atom stereocenters. The van der Waals surface area contributed by atoms with Crippen molar-refractivity contribution < 1.29 is 9.47 Å². The van der Waals surface area contributed by atoms with Crippen LogP contribution in [0.15, 0.2) is 30.3 Å². The van der Waals surface area contributed by atoms with E-state index in [0.29, 0.717) is 6.54 Å². The van der Waals surface area contributed by atoms with E-state index in [4.69, 9.17) is 9.47 Å². The van der Waals surface area contributed by atoms with Crippen molar-refractivity contribution in [3.8, 4) is 0 Å². The fourth-order valence-electron chi connectivity index (χ4n) is 1.42. The summed E-state index contributed by atoms with van der Waals surface area (Å²) in [6.07, 6.45) is 0. The van der Waals surface area contributed by atoms with Crippen LogP contribution in [0.1, 0.15) is 6.92 Å². The van der Waals surface area contributed by atoms with Crippen LogP contribution < -0.4 is 4.90 Å². The molecule has 0 saturated carbocycles. The standard InChI is InChI=1S/C12H19NO2/c1-12(14-3,15-4)10-13(2)11-8-6-5-7-9-11/h5-9H,10H2,1-4H3. The lowest BCUT2D eigenvalue weighted by molar-refractivity contribution is -0.185. The van der Waals surface area contributed by atoms with E-state index < -0.39 is 5.79 Å². The van der Waals surface area contributed by atoms with Crippen molar-refractivity contribution in [2.45, 2.75) is 12.7 Å². The Balaban J connectivity index is 2.67. The average molecular weight is 209 g/mol. The van der Waals surface area contributed by atoms with Crippen molar-refractivity contribution in [3.05, 3.63) is 30.3 Å². The molecule has 0 aromatic heterocycles. The number of methoxy groups -OCH3 is 2. The molecule has 0 bridgehead atoms. The third-order valence-electron chi connectivity index (χ3n) is 2.58. The Morgan fingerprint density at radius 3 is 2.13 bits per heavy atom. The van der Waals surface area contributed by atoms with Crippen molar-refractivity contribution in [2.24, 2.45) is 0 Å². The van der Waals surface area contributed by atoms with Gasteiger partial charge in [0.25, 0.3) is 0 Å². The van der Waals surface area contributed by atoms with Crippen LogP contribution in [0, 0.1) is 0 Å². The average Bonchev–Trinajstić information content (AvgIpc) is 2.30. The zero-order valence-electron chi connectivity index (χ0n) is 9.86. The number of rotatable bonds is 5. The summed E-state index contributed by atoms with van der Waals surface area (Å²) in [5.41, 5.74) is 1.15. The van der Waals surface area contributed by atoms with Crippen LogP contribution in [0.4, 0.5) is 5.69 Å². The van der Waals surface area contributed by atoms with Crippen LogP contribution in [-0.2, 0) is 9.47 Å². The molecule has 3 nitrogen and oxygen atoms in total. The molecule has 1 aromatic rings. The minimum atomic E-state index is -0.565. The third kappa shape index (κ3) is 3.22. The summed E-state index contributed by atoms with van der Waals surface area (Å²) in [5, 5.41) is 0. The molecule has 15 heavy (non-hydrogen) atoms. The zero-order chi connectivity index (χ0) is 11.3. The number of nitrogens with zero attached hydrogens (tertiary/aromatic N) is 1. The summed E-state index contributed by atoms with van der Waals surface area (Å²) in [4.78, 5) is 2.10. The molecule has 0 aliphatic heterocycles. The highest BCUT2D eigenvalue weighted by atomic mass is 16.7. The van der Waals surface area contributed by atoms with Crippen molar-refractivity contribution in [3.63, 3.8) is 0 Å². The van der Waals surface area contributed by atoms with Gasteiger partial charge in [-0.1, -0.05) is 18.2 Å². The van der Waals surface area contributed by atoms with E-state index in [1.54, 1.807) is 14.2 Å². The number of ether oxygens (including phenoxy) is 2. The van der Waals surface area contributed by atoms with Crippen LogP contribution in [-0.4, -0.2) is 33.6 Å². The molecule has 0 heterocycles. The summed E-state index contributed by atoms with van der Waals surface area (Å²) in [6, 6.07) is 10.2. The predicted molar refractivity (Wildman–Crippen MR) is 62.1 cm³/mol. The lowest BCUT2D eigenvalue weighted by atomic mass is 10.2. The summed E-state index contributed by atoms with van der Waals surface area (Å²) >= 11 is 0. The molecule has 0 spiro atoms. The first kappa shape index (κ1) is 12.0. The summed E-state index contributed by atoms with van der Waals surface area (Å²) in [7, 11) is 5.33. The maximum absolute atomic E-state index is 5.32. The SMILES string of the molecule is COC(C)(CN(C)c1ccccc1)OC. The van der Waals surface area contributed by atoms with Gasteiger partial charge < -0.3 is 14.4 Å². The third-order valence-corrected chi connectivity index (χ3v) is 2.58. The number of likely N-dealkylation sites (N-methyl/N-ethyl adjacent to an activating group) is 1. The Bertz CT molecular complexity index is 283. The van der Waals surface area contributed by atoms with Gasteiger partial charge in [0.2, 0.25) is 0 Å². The molecule has 0 N–H and O–H groups in total. The number of hydrogen-bond acceptors (Lipinski definition) is 3. The monoisotopic (exact) mass is 209 g/mol. The second-order valence-electron chi connectivity index (χ2n) is 3.73. The first-order chi connectivity index (χ1) is 7.11. The summed E-state index contributed by atoms with van der Waals surface area (Å²) in [6.45, 7) is 2.61. The van der Waals surface area contributed by atoms with Crippen LogP contribution >= 0.6 is 0 Å². The highest BCUT2D eigenvalue weighted by molar-refractivity contribution is 5.45. The topological polar surface area (TPSA) is 21.7 Å². The quantitative estimate of drug-likeness (QED) is 0.693. The Kier molecular flexibility index (Phi) is 4.12. The predicted octanol–water partition coefficient (Wildman–Crippen LogP) is 2.13. The van der Waals surface area contributed by atoms with Crippen LogP contribution in [0.2, 0.25) is 0 Å². The maximum atomic E-state index is 5.32. The van der Waals surface area contributed by atoms with E-state index in [-0.39, 0.29) is 0 Å². The molecule has 1 rings (SSSR count). The Morgan fingerprint density at radius 2 is 1.67 bits per heavy atom. The summed E-state index contributed by atoms with van der Waals surface area (Å²) < 4.78 is 10.6. The van der Waals surface area contributed by atoms with E-state index in [2.05, 4.69) is 17.0 Å². The van der Waals surface area contributed by atoms with E-state index in [1.165, 1.54) is 0 Å². The molecule has 0 radical (unpaired) electrons. The Morgan fingerprint density at radius 1 is 1.13 bits per heavy atom. The molecule has 0 amide bonds. The molecule has 0 saturated heterocycles. The first-order valence-electron chi connectivity index (χ1n) is 4.98. The van der Waals surface area contributed by atoms with Gasteiger partial charge in [-0.15, -0.1) is 0 Å². The second-order valence-corrected chi connectivity index (χ2v) is 3.73. The Labute approximate surface area is 91.6 Å². The molecular weight excluding hydrogens is 190 g/mol. The van der Waals surface area contributed by atoms with Gasteiger partial charge in [0.15, 0.2) is 5.79 Å². The summed E-state index contributed by atoms with van der Waals surface area (Å²) in [5.74, 6) is -0.565. The van der Waals surface area contributed by atoms with Gasteiger partial charge in [-0.25, -0.2) is 0 Å². The fourth-order valence-corrected chi connectivity index (χ4v) is 1.42. The number of anilines is 1. The number of para-hydroxylation sites is 1. The lowest BCUT2D eigenvalue weighted by Crippen LogP contribution is -2.42. The van der Waals surface area contributed by atoms with Gasteiger partial charge in [0, 0.05) is 27.0 Å². The first-order valence-corrected chi connectivity index (χ1v) is 4.98. The minimum absolute atomic E-state index is 0.565. The molecule has 0 unspecified atom stereocenters. The number of benzene rings is 1. The number of hydrogen-bond donors (Lipinski definition) is 0. The smallest absolute Gasteiger partial charge is 0.182 e. The van der Waals surface area contributed by atoms with Gasteiger partial charge in [-0.3, -0.25) is 0 Å². The van der Waals surface area contributed by atoms with E-state index in [1.807, 2.05) is 32.2 Å². The van der Waals surface area contributed by atoms with Crippen molar-refractivity contribution in [1.82, 2.24) is 0 Å². The van der Waals surface area contributed by atoms with Crippen LogP contribution in [0.25, 0.3) is 0 Å². The maximum Gasteiger partial charge on any atom is 0.182 e. The Hall–Kier alpha value is -1.06. The van der Waals surface area contributed by atoms with Crippen LogP contribution in [0.5, 0.6) is 0 Å². The van der Waals surface area contributed by atoms with Gasteiger partial charge >= 0.3 is 0 Å². The zero-order valence-corrected chi connectivity index (χ0v) is 9.86. The van der Waals surface area contributed by atoms with Crippen molar-refractivity contribution in [1.29, 1.82) is 0 Å². The normalized spacial score (nSPS) is 11.5. The second kappa shape index (κ2) is 5.14. The highest BCUT2D eigenvalue weighted by Gasteiger charge is 2.24. The van der Waals surface area contributed by atoms with Gasteiger partial charge in [0.1, 0.15) is 0 Å². The molecule has 84 valence electrons. The van der Waals surface area contributed by atoms with E-state index >= 15 is 0 Å². The minimum Gasteiger partial charge on any atom is -0.369 e. The van der Waals surface area contributed by atoms with Crippen molar-refractivity contribution in [2.75, 3.05) is 32.7 Å². The highest BCUT2D eigenvalue weighted by Crippen LogP contribution is 2.17. The van der Waals surface area contributed by atoms with E-state index in [0.717, 1.165) is 5.69 Å². The molecule has 3 heteroatoms. The van der Waals surface area contributed by atoms with Crippen molar-refractivity contribution >= 4 is 5.69 Å². The fraction of sp³-hybridized carbons (Fsp3) is 0.500. The lowest BCUT2D eigenvalue weighted by Gasteiger charge is -2.32. The van der Waals surface area contributed by atoms with Gasteiger partial charge in [-0.2, -0.15) is 0 Å². The van der Waals surface area contributed by atoms with Gasteiger partial charge in [0.05, 0.1) is 6.54 Å². The van der Waals surface area contributed by atoms with Gasteiger partial charge in [-0.05, 0) is 19.1 Å². The largest absolute Gasteiger partial charge is 0.369 e. The molecular formula is C12H19NO2. The molecule has 1 aromatic carbocycles.